The van der Waals surface area contributed by atoms with E-state index in [0.29, 0.717) is 5.02 Å². The third-order valence-corrected chi connectivity index (χ3v) is 5.57. The number of nitrogens with one attached hydrogen (secondary N) is 1. The Bertz CT molecular complexity index is 548. The van der Waals surface area contributed by atoms with Crippen LogP contribution in [0.25, 0.3) is 0 Å². The van der Waals surface area contributed by atoms with E-state index in [-0.39, 0.29) is 11.9 Å². The topological polar surface area (TPSA) is 12.0 Å². The Morgan fingerprint density at radius 3 is 2.58 bits per heavy atom. The summed E-state index contributed by atoms with van der Waals surface area (Å²) < 4.78 is 15.2. The third-order valence-electron chi connectivity index (χ3n) is 2.58. The molecular weight excluding hydrogens is 416 g/mol. The van der Waals surface area contributed by atoms with Crippen molar-refractivity contribution < 1.29 is 4.39 Å². The van der Waals surface area contributed by atoms with Gasteiger partial charge in [0.25, 0.3) is 0 Å². The molecule has 0 spiro atoms. The lowest BCUT2D eigenvalue weighted by Gasteiger charge is -2.17. The van der Waals surface area contributed by atoms with Gasteiger partial charge in [-0.25, -0.2) is 4.39 Å². The van der Waals surface area contributed by atoms with Crippen molar-refractivity contribution in [2.24, 2.45) is 0 Å². The summed E-state index contributed by atoms with van der Waals surface area (Å²) >= 11 is 14.4. The van der Waals surface area contributed by atoms with E-state index >= 15 is 0 Å². The molecule has 0 bridgehead atoms. The maximum Gasteiger partial charge on any atom is 0.124 e. The zero-order chi connectivity index (χ0) is 14.0. The highest BCUT2D eigenvalue weighted by Crippen LogP contribution is 2.38. The van der Waals surface area contributed by atoms with Crippen LogP contribution in [0.3, 0.4) is 0 Å². The Hall–Kier alpha value is 0.0600. The van der Waals surface area contributed by atoms with E-state index in [9.17, 15) is 4.39 Å². The normalized spacial score (nSPS) is 12.7. The summed E-state index contributed by atoms with van der Waals surface area (Å²) in [6, 6.07) is 6.75. The van der Waals surface area contributed by atoms with E-state index in [1.165, 1.54) is 6.07 Å². The zero-order valence-electron chi connectivity index (χ0n) is 10.0. The Morgan fingerprint density at radius 1 is 1.32 bits per heavy atom. The van der Waals surface area contributed by atoms with E-state index in [1.807, 2.05) is 19.1 Å². The minimum atomic E-state index is -0.256. The molecule has 0 saturated heterocycles. The smallest absolute Gasteiger partial charge is 0.124 e. The fraction of sp³-hybridized carbons (Fsp3) is 0.231. The quantitative estimate of drug-likeness (QED) is 0.654. The summed E-state index contributed by atoms with van der Waals surface area (Å²) in [5, 5.41) is 4.03. The van der Waals surface area contributed by atoms with Gasteiger partial charge in [-0.3, -0.25) is 0 Å². The second kappa shape index (κ2) is 6.68. The lowest BCUT2D eigenvalue weighted by Crippen LogP contribution is -2.21. The molecule has 1 nitrogen and oxygen atoms in total. The van der Waals surface area contributed by atoms with Crippen LogP contribution in [0.5, 0.6) is 0 Å². The number of hydrogen-bond acceptors (Lipinski definition) is 2. The molecule has 1 aromatic heterocycles. The van der Waals surface area contributed by atoms with Crippen molar-refractivity contribution >= 4 is 54.8 Å². The van der Waals surface area contributed by atoms with E-state index in [4.69, 9.17) is 11.6 Å². The second-order valence-electron chi connectivity index (χ2n) is 3.96. The lowest BCUT2D eigenvalue weighted by atomic mass is 10.1. The molecule has 1 atom stereocenters. The molecule has 0 aliphatic heterocycles. The van der Waals surface area contributed by atoms with Gasteiger partial charge in [-0.1, -0.05) is 34.5 Å². The lowest BCUT2D eigenvalue weighted by molar-refractivity contribution is 0.606. The van der Waals surface area contributed by atoms with Crippen LogP contribution in [0.15, 0.2) is 32.5 Å². The molecule has 6 heteroatoms. The van der Waals surface area contributed by atoms with Gasteiger partial charge < -0.3 is 5.32 Å². The van der Waals surface area contributed by atoms with Crippen molar-refractivity contribution in [1.29, 1.82) is 0 Å². The predicted molar refractivity (Wildman–Crippen MR) is 86.6 cm³/mol. The number of halogens is 4. The van der Waals surface area contributed by atoms with Gasteiger partial charge in [-0.15, -0.1) is 11.3 Å². The Kier molecular flexibility index (Phi) is 5.43. The third kappa shape index (κ3) is 3.79. The molecule has 0 amide bonds. The van der Waals surface area contributed by atoms with Gasteiger partial charge in [0.1, 0.15) is 5.82 Å². The van der Waals surface area contributed by atoms with Crippen molar-refractivity contribution in [3.8, 4) is 0 Å². The van der Waals surface area contributed by atoms with Crippen LogP contribution < -0.4 is 5.32 Å². The number of hydrogen-bond donors (Lipinski definition) is 1. The minimum absolute atomic E-state index is 0.0641. The fourth-order valence-electron chi connectivity index (χ4n) is 1.83. The highest BCUT2D eigenvalue weighted by Gasteiger charge is 2.18. The number of benzene rings is 1. The molecule has 0 aliphatic rings. The first-order chi connectivity index (χ1) is 9.01. The van der Waals surface area contributed by atoms with Gasteiger partial charge in [0.05, 0.1) is 14.9 Å². The van der Waals surface area contributed by atoms with Crippen LogP contribution in [0.4, 0.5) is 4.39 Å². The average molecular weight is 428 g/mol. The van der Waals surface area contributed by atoms with Gasteiger partial charge in [-0.2, -0.15) is 0 Å². The molecular formula is C13H11Br2ClFNS. The molecule has 0 aliphatic carbocycles. The van der Waals surface area contributed by atoms with E-state index in [2.05, 4.69) is 37.2 Å². The van der Waals surface area contributed by atoms with Crippen LogP contribution in [-0.4, -0.2) is 6.54 Å². The van der Waals surface area contributed by atoms with Gasteiger partial charge in [0, 0.05) is 9.35 Å². The van der Waals surface area contributed by atoms with Crippen LogP contribution in [0.2, 0.25) is 5.02 Å². The molecule has 0 fully saturated rings. The Labute approximate surface area is 137 Å². The summed E-state index contributed by atoms with van der Waals surface area (Å²) in [5.41, 5.74) is 0.874. The van der Waals surface area contributed by atoms with Crippen LogP contribution in [-0.2, 0) is 0 Å². The largest absolute Gasteiger partial charge is 0.306 e. The summed E-state index contributed by atoms with van der Waals surface area (Å²) in [5.74, 6) is -0.256. The van der Waals surface area contributed by atoms with Gasteiger partial charge in [0.15, 0.2) is 0 Å². The molecule has 1 heterocycles. The van der Waals surface area contributed by atoms with Crippen molar-refractivity contribution in [1.82, 2.24) is 5.32 Å². The summed E-state index contributed by atoms with van der Waals surface area (Å²) in [7, 11) is 0. The summed E-state index contributed by atoms with van der Waals surface area (Å²) in [6.45, 7) is 2.80. The van der Waals surface area contributed by atoms with Crippen LogP contribution in [0.1, 0.15) is 23.4 Å². The molecule has 1 aromatic carbocycles. The molecule has 0 saturated carbocycles. The average Bonchev–Trinajstić information content (AvgIpc) is 2.65. The summed E-state index contributed by atoms with van der Waals surface area (Å²) in [4.78, 5) is 1.05. The first-order valence-electron chi connectivity index (χ1n) is 5.65. The maximum absolute atomic E-state index is 13.5. The predicted octanol–water partition coefficient (Wildman–Crippen LogP) is 5.76. The van der Waals surface area contributed by atoms with E-state index in [1.54, 1.807) is 17.4 Å². The zero-order valence-corrected chi connectivity index (χ0v) is 14.8. The highest BCUT2D eigenvalue weighted by molar-refractivity contribution is 9.11. The van der Waals surface area contributed by atoms with E-state index in [0.717, 1.165) is 25.2 Å². The van der Waals surface area contributed by atoms with Crippen molar-refractivity contribution in [2.75, 3.05) is 6.54 Å². The molecule has 2 aromatic rings. The van der Waals surface area contributed by atoms with Crippen LogP contribution in [0, 0.1) is 5.82 Å². The first kappa shape index (κ1) is 15.4. The molecule has 1 N–H and O–H groups in total. The molecule has 19 heavy (non-hydrogen) atoms. The highest BCUT2D eigenvalue weighted by atomic mass is 79.9. The van der Waals surface area contributed by atoms with Crippen molar-refractivity contribution in [2.45, 2.75) is 13.0 Å². The Balaban J connectivity index is 2.44. The Morgan fingerprint density at radius 2 is 2.05 bits per heavy atom. The second-order valence-corrected chi connectivity index (χ2v) is 7.69. The van der Waals surface area contributed by atoms with Gasteiger partial charge in [0.2, 0.25) is 0 Å². The monoisotopic (exact) mass is 425 g/mol. The van der Waals surface area contributed by atoms with Crippen molar-refractivity contribution in [3.05, 3.63) is 53.8 Å². The number of rotatable bonds is 4. The summed E-state index contributed by atoms with van der Waals surface area (Å²) in [6.07, 6.45) is 0. The minimum Gasteiger partial charge on any atom is -0.306 e. The molecule has 2 rings (SSSR count). The number of thiophene rings is 1. The maximum atomic E-state index is 13.5. The molecule has 0 radical (unpaired) electrons. The van der Waals surface area contributed by atoms with Gasteiger partial charge >= 0.3 is 0 Å². The van der Waals surface area contributed by atoms with E-state index < -0.39 is 0 Å². The standard InChI is InChI=1S/C13H11Br2ClFNS/c1-2-18-12(11-6-10(16)13(15)19-11)7-3-8(14)5-9(17)4-7/h3-6,12,18H,2H2,1H3. The molecule has 102 valence electrons. The molecule has 1 unspecified atom stereocenters. The SMILES string of the molecule is CCNC(c1cc(F)cc(Br)c1)c1cc(Cl)c(Br)s1. The van der Waals surface area contributed by atoms with Gasteiger partial charge in [-0.05, 0) is 52.3 Å². The fourth-order valence-corrected chi connectivity index (χ4v) is 4.17. The van der Waals surface area contributed by atoms with Crippen LogP contribution >= 0.6 is 54.8 Å². The first-order valence-corrected chi connectivity index (χ1v) is 8.43. The van der Waals surface area contributed by atoms with Crippen molar-refractivity contribution in [3.63, 3.8) is 0 Å².